The number of nitriles is 1. The molecule has 1 aromatic carbocycles. The van der Waals surface area contributed by atoms with E-state index < -0.39 is 23.7 Å². The Balaban J connectivity index is 2.33. The number of nitrogens with zero attached hydrogens (tertiary/aromatic N) is 2. The Hall–Kier alpha value is -2.56. The maximum atomic E-state index is 12.9. The number of alkyl halides is 3. The van der Waals surface area contributed by atoms with Crippen molar-refractivity contribution in [2.75, 3.05) is 0 Å². The summed E-state index contributed by atoms with van der Waals surface area (Å²) >= 11 is 0. The molecule has 0 spiro atoms. The minimum Gasteiger partial charge on any atom is -0.316 e. The van der Waals surface area contributed by atoms with Crippen molar-refractivity contribution < 1.29 is 22.8 Å². The highest BCUT2D eigenvalue weighted by atomic mass is 19.4. The summed E-state index contributed by atoms with van der Waals surface area (Å²) in [6.07, 6.45) is -4.90. The number of hydrogen-bond donors (Lipinski definition) is 1. The Bertz CT molecular complexity index is 651. The van der Waals surface area contributed by atoms with Crippen molar-refractivity contribution in [3.8, 4) is 6.07 Å². The van der Waals surface area contributed by atoms with Gasteiger partial charge in [-0.3, -0.25) is 9.69 Å². The van der Waals surface area contributed by atoms with Crippen LogP contribution in [0.25, 0.3) is 0 Å². The molecule has 0 saturated carbocycles. The van der Waals surface area contributed by atoms with Crippen LogP contribution in [0.2, 0.25) is 0 Å². The number of halogens is 3. The van der Waals surface area contributed by atoms with Gasteiger partial charge < -0.3 is 5.32 Å². The largest absolute Gasteiger partial charge is 0.420 e. The van der Waals surface area contributed by atoms with Crippen molar-refractivity contribution >= 4 is 11.9 Å². The molecule has 5 nitrogen and oxygen atoms in total. The van der Waals surface area contributed by atoms with Crippen molar-refractivity contribution in [3.63, 3.8) is 0 Å². The number of urea groups is 1. The average Bonchev–Trinajstić information content (AvgIpc) is 2.63. The Morgan fingerprint density at radius 3 is 2.48 bits per heavy atom. The van der Waals surface area contributed by atoms with E-state index in [9.17, 15) is 22.8 Å². The maximum absolute atomic E-state index is 12.9. The highest BCUT2D eigenvalue weighted by molar-refractivity contribution is 6.07. The molecule has 1 heterocycles. The highest BCUT2D eigenvalue weighted by Crippen LogP contribution is 2.35. The van der Waals surface area contributed by atoms with Gasteiger partial charge in [-0.15, -0.1) is 0 Å². The summed E-state index contributed by atoms with van der Waals surface area (Å²) < 4.78 is 38.7. The number of hydrogen-bond acceptors (Lipinski definition) is 3. The molecule has 1 aliphatic rings. The Kier molecular flexibility index (Phi) is 3.37. The van der Waals surface area contributed by atoms with Crippen LogP contribution in [0.4, 0.5) is 18.0 Å². The topological polar surface area (TPSA) is 73.2 Å². The molecular weight excluding hydrogens is 287 g/mol. The Morgan fingerprint density at radius 1 is 1.33 bits per heavy atom. The first-order valence-corrected chi connectivity index (χ1v) is 5.89. The van der Waals surface area contributed by atoms with E-state index in [2.05, 4.69) is 0 Å². The molecule has 110 valence electrons. The van der Waals surface area contributed by atoms with Crippen molar-refractivity contribution in [2.24, 2.45) is 0 Å². The molecule has 21 heavy (non-hydrogen) atoms. The monoisotopic (exact) mass is 297 g/mol. The third-order valence-electron chi connectivity index (χ3n) is 3.31. The minimum atomic E-state index is -4.90. The summed E-state index contributed by atoms with van der Waals surface area (Å²) in [5, 5.41) is 10.6. The molecule has 3 amide bonds. The predicted molar refractivity (Wildman–Crippen MR) is 64.7 cm³/mol. The van der Waals surface area contributed by atoms with E-state index in [1.54, 1.807) is 17.4 Å². The lowest BCUT2D eigenvalue weighted by Crippen LogP contribution is -2.56. The van der Waals surface area contributed by atoms with Crippen LogP contribution in [0.5, 0.6) is 0 Å². The summed E-state index contributed by atoms with van der Waals surface area (Å²) in [7, 11) is 0. The summed E-state index contributed by atoms with van der Waals surface area (Å²) in [5.74, 6) is -1.38. The minimum absolute atomic E-state index is 0.193. The molecule has 0 bridgehead atoms. The van der Waals surface area contributed by atoms with E-state index >= 15 is 0 Å². The van der Waals surface area contributed by atoms with Crippen LogP contribution in [0, 0.1) is 11.3 Å². The van der Waals surface area contributed by atoms with Gasteiger partial charge in [-0.1, -0.05) is 18.2 Å². The molecule has 8 heteroatoms. The van der Waals surface area contributed by atoms with Gasteiger partial charge in [0.2, 0.25) is 5.54 Å². The molecule has 1 aromatic rings. The van der Waals surface area contributed by atoms with Crippen molar-refractivity contribution in [1.29, 1.82) is 5.26 Å². The van der Waals surface area contributed by atoms with Crippen LogP contribution >= 0.6 is 0 Å². The lowest BCUT2D eigenvalue weighted by molar-refractivity contribution is -0.191. The molecular formula is C13H10F3N3O2. The molecule has 1 unspecified atom stereocenters. The maximum Gasteiger partial charge on any atom is 0.420 e. The second-order valence-corrected chi connectivity index (χ2v) is 4.71. The summed E-state index contributed by atoms with van der Waals surface area (Å²) in [5.41, 5.74) is -2.44. The van der Waals surface area contributed by atoms with E-state index in [1.807, 2.05) is 6.07 Å². The third kappa shape index (κ3) is 2.31. The van der Waals surface area contributed by atoms with Crippen LogP contribution in [-0.2, 0) is 11.3 Å². The van der Waals surface area contributed by atoms with Crippen LogP contribution in [0.3, 0.4) is 0 Å². The second kappa shape index (κ2) is 4.77. The number of nitrogens with one attached hydrogen (secondary N) is 1. The summed E-state index contributed by atoms with van der Waals surface area (Å²) in [6, 6.07) is 6.80. The van der Waals surface area contributed by atoms with Crippen molar-refractivity contribution in [2.45, 2.75) is 25.2 Å². The van der Waals surface area contributed by atoms with Gasteiger partial charge in [0.15, 0.2) is 0 Å². The molecule has 0 aliphatic carbocycles. The van der Waals surface area contributed by atoms with Crippen molar-refractivity contribution in [3.05, 3.63) is 35.4 Å². The van der Waals surface area contributed by atoms with Gasteiger partial charge in [-0.05, 0) is 18.6 Å². The van der Waals surface area contributed by atoms with Crippen molar-refractivity contribution in [1.82, 2.24) is 10.2 Å². The van der Waals surface area contributed by atoms with Gasteiger partial charge in [0.1, 0.15) is 0 Å². The van der Waals surface area contributed by atoms with Gasteiger partial charge in [-0.2, -0.15) is 18.4 Å². The SMILES string of the molecule is CC1(C(F)(F)F)NC(=O)N(Cc2ccccc2C#N)C1=O. The fourth-order valence-electron chi connectivity index (χ4n) is 1.97. The lowest BCUT2D eigenvalue weighted by atomic mass is 10.0. The van der Waals surface area contributed by atoms with E-state index in [1.165, 1.54) is 12.1 Å². The predicted octanol–water partition coefficient (Wildman–Crippen LogP) is 1.93. The zero-order valence-corrected chi connectivity index (χ0v) is 10.9. The standard InChI is InChI=1S/C13H10F3N3O2/c1-12(13(14,15)16)10(20)19(11(21)18-12)7-9-5-3-2-4-8(9)6-17/h2-5H,7H2,1H3,(H,18,21). The molecule has 1 atom stereocenters. The zero-order chi connectivity index (χ0) is 15.8. The highest BCUT2D eigenvalue weighted by Gasteiger charge is 2.64. The summed E-state index contributed by atoms with van der Waals surface area (Å²) in [4.78, 5) is 24.1. The molecule has 0 radical (unpaired) electrons. The zero-order valence-electron chi connectivity index (χ0n) is 10.9. The normalized spacial score (nSPS) is 22.1. The van der Waals surface area contributed by atoms with Crippen LogP contribution in [-0.4, -0.2) is 28.6 Å². The number of imide groups is 1. The molecule has 0 aromatic heterocycles. The molecule has 1 aliphatic heterocycles. The van der Waals surface area contributed by atoms with Gasteiger partial charge >= 0.3 is 12.2 Å². The third-order valence-corrected chi connectivity index (χ3v) is 3.31. The average molecular weight is 297 g/mol. The first-order valence-electron chi connectivity index (χ1n) is 5.89. The number of carbonyl (C=O) groups excluding carboxylic acids is 2. The fraction of sp³-hybridized carbons (Fsp3) is 0.308. The first kappa shape index (κ1) is 14.8. The van der Waals surface area contributed by atoms with Crippen LogP contribution in [0.15, 0.2) is 24.3 Å². The van der Waals surface area contributed by atoms with Gasteiger partial charge in [-0.25, -0.2) is 4.79 Å². The fourth-order valence-corrected chi connectivity index (χ4v) is 1.97. The van der Waals surface area contributed by atoms with E-state index in [-0.39, 0.29) is 12.1 Å². The van der Waals surface area contributed by atoms with E-state index in [0.717, 1.165) is 0 Å². The smallest absolute Gasteiger partial charge is 0.316 e. The van der Waals surface area contributed by atoms with Gasteiger partial charge in [0.25, 0.3) is 5.91 Å². The number of benzene rings is 1. The molecule has 2 rings (SSSR count). The molecule has 1 fully saturated rings. The van der Waals surface area contributed by atoms with E-state index in [4.69, 9.17) is 5.26 Å². The Labute approximate surface area is 118 Å². The number of carbonyl (C=O) groups is 2. The van der Waals surface area contributed by atoms with Crippen LogP contribution in [0.1, 0.15) is 18.1 Å². The molecule has 1 saturated heterocycles. The van der Waals surface area contributed by atoms with Gasteiger partial charge in [0, 0.05) is 0 Å². The Morgan fingerprint density at radius 2 is 1.95 bits per heavy atom. The first-order chi connectivity index (χ1) is 9.70. The summed E-state index contributed by atoms with van der Waals surface area (Å²) in [6.45, 7) is 0.226. The number of amides is 3. The quantitative estimate of drug-likeness (QED) is 0.848. The lowest BCUT2D eigenvalue weighted by Gasteiger charge is -2.24. The van der Waals surface area contributed by atoms with Gasteiger partial charge in [0.05, 0.1) is 18.2 Å². The number of rotatable bonds is 2. The van der Waals surface area contributed by atoms with E-state index in [0.29, 0.717) is 17.4 Å². The second-order valence-electron chi connectivity index (χ2n) is 4.71. The molecule has 1 N–H and O–H groups in total. The van der Waals surface area contributed by atoms with Crippen LogP contribution < -0.4 is 5.32 Å².